The van der Waals surface area contributed by atoms with Crippen LogP contribution in [0.1, 0.15) is 4.88 Å². The number of nitrogens with two attached hydrogens (primary N) is 1. The van der Waals surface area contributed by atoms with E-state index in [2.05, 4.69) is 15.9 Å². The highest BCUT2D eigenvalue weighted by molar-refractivity contribution is 9.10. The number of thioether (sulfide) groups is 1. The van der Waals surface area contributed by atoms with Crippen LogP contribution < -0.4 is 10.5 Å². The van der Waals surface area contributed by atoms with Gasteiger partial charge in [-0.2, -0.15) is 13.2 Å². The number of thiophene rings is 1. The minimum Gasteiger partial charge on any atom is -0.497 e. The minimum absolute atomic E-state index is 0.127. The molecule has 2 rings (SSSR count). The second-order valence-electron chi connectivity index (χ2n) is 5.01. The second kappa shape index (κ2) is 9.82. The van der Waals surface area contributed by atoms with E-state index >= 15 is 0 Å². The van der Waals surface area contributed by atoms with Crippen molar-refractivity contribution in [2.45, 2.75) is 20.2 Å². The highest BCUT2D eigenvalue weighted by Crippen LogP contribution is 2.38. The summed E-state index contributed by atoms with van der Waals surface area (Å²) in [7, 11) is -2.25. The van der Waals surface area contributed by atoms with Crippen molar-refractivity contribution in [3.05, 3.63) is 33.6 Å². The van der Waals surface area contributed by atoms with Gasteiger partial charge in [-0.15, -0.1) is 23.1 Å². The van der Waals surface area contributed by atoms with E-state index < -0.39 is 22.0 Å². The molecule has 0 saturated heterocycles. The van der Waals surface area contributed by atoms with E-state index in [0.29, 0.717) is 19.3 Å². The Morgan fingerprint density at radius 3 is 2.28 bits per heavy atom. The molecule has 7 nitrogen and oxygen atoms in total. The average molecular weight is 535 g/mol. The molecule has 0 aliphatic rings. The summed E-state index contributed by atoms with van der Waals surface area (Å²) in [6.45, 7) is 0. The largest absolute Gasteiger partial charge is 0.497 e. The Morgan fingerprint density at radius 1 is 1.31 bits per heavy atom. The van der Waals surface area contributed by atoms with E-state index in [9.17, 15) is 21.6 Å². The fourth-order valence-corrected chi connectivity index (χ4v) is 6.30. The maximum absolute atomic E-state index is 12.9. The smallest absolute Gasteiger partial charge is 0.490 e. The van der Waals surface area contributed by atoms with Crippen LogP contribution in [0.4, 0.5) is 13.2 Å². The zero-order valence-corrected chi connectivity index (χ0v) is 18.7. The van der Waals surface area contributed by atoms with E-state index in [1.807, 2.05) is 0 Å². The van der Waals surface area contributed by atoms with Gasteiger partial charge < -0.3 is 15.6 Å². The Kier molecular flexibility index (Phi) is 8.56. The number of hydrogen-bond donors (Lipinski definition) is 3. The van der Waals surface area contributed by atoms with Crippen LogP contribution in [0.3, 0.4) is 0 Å². The van der Waals surface area contributed by atoms with E-state index in [4.69, 9.17) is 25.8 Å². The predicted octanol–water partition coefficient (Wildman–Crippen LogP) is 3.99. The molecule has 0 radical (unpaired) electrons. The van der Waals surface area contributed by atoms with E-state index in [1.54, 1.807) is 12.3 Å². The van der Waals surface area contributed by atoms with Gasteiger partial charge in [-0.05, 0) is 30.5 Å². The summed E-state index contributed by atoms with van der Waals surface area (Å²) in [5.41, 5.74) is 5.46. The molecular weight excluding hydrogens is 521 g/mol. The van der Waals surface area contributed by atoms with Crippen LogP contribution in [0.5, 0.6) is 5.75 Å². The van der Waals surface area contributed by atoms with Gasteiger partial charge in [0, 0.05) is 4.47 Å². The van der Waals surface area contributed by atoms with Crippen molar-refractivity contribution in [2.24, 2.45) is 5.73 Å². The first-order valence-electron chi connectivity index (χ1n) is 7.16. The number of carbonyl (C=O) groups is 1. The first kappa shape index (κ1) is 25.3. The molecular formula is C15H14BrF3N2O5S3. The van der Waals surface area contributed by atoms with Gasteiger partial charge in [0.1, 0.15) is 11.6 Å². The van der Waals surface area contributed by atoms with Gasteiger partial charge in [0.25, 0.3) is 0 Å². The number of nitrogens with one attached hydrogen (secondary N) is 1. The van der Waals surface area contributed by atoms with Crippen LogP contribution in [-0.2, 0) is 14.6 Å². The summed E-state index contributed by atoms with van der Waals surface area (Å²) in [5, 5.41) is 14.6. The van der Waals surface area contributed by atoms with Gasteiger partial charge in [-0.3, -0.25) is 5.41 Å². The quantitative estimate of drug-likeness (QED) is 0.300. The molecule has 0 amide bonds. The Bertz CT molecular complexity index is 1020. The standard InChI is InChI=1S/C13H13BrN2O3S3.C2HF3O2/c1-19-8-3-7(14)4-9(5-8)22(17,18)11-6-10(12(15)16)21-13(11)20-2;3-2(4,5)1(6)7/h3-6H,1-2H3,(H3,15,16);(H,6,7). The Morgan fingerprint density at radius 2 is 1.86 bits per heavy atom. The lowest BCUT2D eigenvalue weighted by molar-refractivity contribution is -0.192. The van der Waals surface area contributed by atoms with Crippen molar-refractivity contribution < 1.29 is 36.2 Å². The molecule has 2 aromatic rings. The molecule has 4 N–H and O–H groups in total. The van der Waals surface area contributed by atoms with Crippen molar-refractivity contribution in [2.75, 3.05) is 13.4 Å². The van der Waals surface area contributed by atoms with E-state index in [1.165, 1.54) is 48.4 Å². The molecule has 0 aliphatic carbocycles. The van der Waals surface area contributed by atoms with Gasteiger partial charge in [0.05, 0.1) is 26.0 Å². The number of nitrogen functional groups attached to an aromatic ring is 1. The average Bonchev–Trinajstić information content (AvgIpc) is 3.06. The highest BCUT2D eigenvalue weighted by Gasteiger charge is 2.38. The van der Waals surface area contributed by atoms with Gasteiger partial charge >= 0.3 is 12.1 Å². The molecule has 1 aromatic heterocycles. The fraction of sp³-hybridized carbons (Fsp3) is 0.200. The van der Waals surface area contributed by atoms with Crippen molar-refractivity contribution in [3.63, 3.8) is 0 Å². The predicted molar refractivity (Wildman–Crippen MR) is 107 cm³/mol. The molecule has 0 fully saturated rings. The number of aliphatic carboxylic acids is 1. The number of sulfone groups is 1. The molecule has 0 atom stereocenters. The number of carboxylic acid groups (broad SMARTS) is 1. The van der Waals surface area contributed by atoms with Crippen molar-refractivity contribution in [3.8, 4) is 5.75 Å². The lowest BCUT2D eigenvalue weighted by atomic mass is 10.3. The second-order valence-corrected chi connectivity index (χ2v) is 9.97. The molecule has 0 bridgehead atoms. The Balaban J connectivity index is 0.000000516. The Hall–Kier alpha value is -1.77. The van der Waals surface area contributed by atoms with E-state index in [-0.39, 0.29) is 15.6 Å². The van der Waals surface area contributed by atoms with Crippen molar-refractivity contribution in [1.29, 1.82) is 5.41 Å². The normalized spacial score (nSPS) is 11.4. The molecule has 1 heterocycles. The van der Waals surface area contributed by atoms with Crippen LogP contribution >= 0.6 is 39.0 Å². The van der Waals surface area contributed by atoms with Crippen molar-refractivity contribution in [1.82, 2.24) is 0 Å². The third-order valence-electron chi connectivity index (χ3n) is 3.04. The van der Waals surface area contributed by atoms with Gasteiger partial charge in [-0.25, -0.2) is 13.2 Å². The first-order valence-corrected chi connectivity index (χ1v) is 11.5. The number of benzene rings is 1. The number of amidine groups is 1. The topological polar surface area (TPSA) is 131 Å². The molecule has 14 heteroatoms. The molecule has 0 unspecified atom stereocenters. The molecule has 1 aromatic carbocycles. The molecule has 0 spiro atoms. The summed E-state index contributed by atoms with van der Waals surface area (Å²) < 4.78 is 63.8. The summed E-state index contributed by atoms with van der Waals surface area (Å²) in [6.07, 6.45) is -3.30. The maximum atomic E-state index is 12.9. The highest BCUT2D eigenvalue weighted by atomic mass is 79.9. The zero-order chi connectivity index (χ0) is 22.6. The molecule has 0 aliphatic heterocycles. The molecule has 29 heavy (non-hydrogen) atoms. The fourth-order valence-electron chi connectivity index (χ4n) is 1.76. The number of hydrogen-bond acceptors (Lipinski definition) is 7. The first-order chi connectivity index (χ1) is 13.2. The van der Waals surface area contributed by atoms with Gasteiger partial charge in [0.15, 0.2) is 0 Å². The van der Waals surface area contributed by atoms with Gasteiger partial charge in [0.2, 0.25) is 9.84 Å². The molecule has 0 saturated carbocycles. The summed E-state index contributed by atoms with van der Waals surface area (Å²) in [4.78, 5) is 9.62. The lowest BCUT2D eigenvalue weighted by Crippen LogP contribution is -2.21. The number of rotatable bonds is 5. The Labute approximate surface area is 180 Å². The maximum Gasteiger partial charge on any atom is 0.490 e. The number of methoxy groups -OCH3 is 1. The van der Waals surface area contributed by atoms with Crippen LogP contribution in [0, 0.1) is 5.41 Å². The molecule has 160 valence electrons. The lowest BCUT2D eigenvalue weighted by Gasteiger charge is -2.07. The summed E-state index contributed by atoms with van der Waals surface area (Å²) in [5.74, 6) is -2.46. The van der Waals surface area contributed by atoms with Crippen LogP contribution in [0.25, 0.3) is 0 Å². The number of halogens is 4. The zero-order valence-electron chi connectivity index (χ0n) is 14.7. The number of carboxylic acids is 1. The third-order valence-corrected chi connectivity index (χ3v) is 7.82. The van der Waals surface area contributed by atoms with Crippen molar-refractivity contribution >= 4 is 60.7 Å². The third kappa shape index (κ3) is 6.62. The number of alkyl halides is 3. The number of ether oxygens (including phenoxy) is 1. The minimum atomic E-state index is -5.08. The van der Waals surface area contributed by atoms with Crippen LogP contribution in [0.15, 0.2) is 42.7 Å². The van der Waals surface area contributed by atoms with E-state index in [0.717, 1.165) is 0 Å². The summed E-state index contributed by atoms with van der Waals surface area (Å²) >= 11 is 5.79. The SMILES string of the molecule is COc1cc(Br)cc(S(=O)(=O)c2cc(C(=N)N)sc2SC)c1.O=C(O)C(F)(F)F. The van der Waals surface area contributed by atoms with Crippen LogP contribution in [0.2, 0.25) is 0 Å². The monoisotopic (exact) mass is 534 g/mol. The summed E-state index contributed by atoms with van der Waals surface area (Å²) in [6, 6.07) is 6.12. The van der Waals surface area contributed by atoms with Gasteiger partial charge in [-0.1, -0.05) is 15.9 Å². The van der Waals surface area contributed by atoms with Crippen LogP contribution in [-0.4, -0.2) is 44.9 Å².